The first-order valence-electron chi connectivity index (χ1n) is 9.63. The monoisotopic (exact) mass is 356 g/mol. The standard InChI is InChI=1S/C23H18O2.C2H6/c1-15-10-11-16-6-2-4-8-18(16)21(15)22-19-9-5-3-7-17(19)14-20-23(22)25-13-12-24-20;1-2/h2-11,14H,12-13H2,1H3;1-2H3. The van der Waals surface area contributed by atoms with Gasteiger partial charge in [-0.15, -0.1) is 0 Å². The van der Waals surface area contributed by atoms with Gasteiger partial charge in [0, 0.05) is 5.56 Å². The van der Waals surface area contributed by atoms with Gasteiger partial charge in [0.1, 0.15) is 13.2 Å². The van der Waals surface area contributed by atoms with Crippen LogP contribution in [0, 0.1) is 6.92 Å². The van der Waals surface area contributed by atoms with E-state index in [2.05, 4.69) is 73.7 Å². The van der Waals surface area contributed by atoms with E-state index in [4.69, 9.17) is 9.47 Å². The lowest BCUT2D eigenvalue weighted by Crippen LogP contribution is -2.16. The molecule has 0 unspecified atom stereocenters. The van der Waals surface area contributed by atoms with Crippen LogP contribution >= 0.6 is 0 Å². The minimum Gasteiger partial charge on any atom is -0.486 e. The maximum Gasteiger partial charge on any atom is 0.169 e. The first-order chi connectivity index (χ1) is 13.3. The van der Waals surface area contributed by atoms with Crippen LogP contribution in [0.3, 0.4) is 0 Å². The van der Waals surface area contributed by atoms with E-state index in [-0.39, 0.29) is 0 Å². The highest BCUT2D eigenvalue weighted by molar-refractivity contribution is 6.09. The molecule has 0 saturated heterocycles. The summed E-state index contributed by atoms with van der Waals surface area (Å²) in [7, 11) is 0. The largest absolute Gasteiger partial charge is 0.486 e. The maximum atomic E-state index is 6.10. The van der Waals surface area contributed by atoms with Gasteiger partial charge in [0.25, 0.3) is 0 Å². The number of aryl methyl sites for hydroxylation is 1. The van der Waals surface area contributed by atoms with Crippen molar-refractivity contribution in [3.05, 3.63) is 72.3 Å². The van der Waals surface area contributed by atoms with Gasteiger partial charge in [-0.05, 0) is 45.7 Å². The van der Waals surface area contributed by atoms with Crippen LogP contribution in [0.15, 0.2) is 66.7 Å². The number of hydrogen-bond acceptors (Lipinski definition) is 2. The van der Waals surface area contributed by atoms with Crippen LogP contribution in [-0.4, -0.2) is 13.2 Å². The zero-order valence-corrected chi connectivity index (χ0v) is 16.1. The minimum atomic E-state index is 0.585. The number of ether oxygens (including phenoxy) is 2. The fourth-order valence-corrected chi connectivity index (χ4v) is 3.81. The fraction of sp³-hybridized carbons (Fsp3) is 0.200. The van der Waals surface area contributed by atoms with Crippen LogP contribution in [0.2, 0.25) is 0 Å². The molecule has 0 N–H and O–H groups in total. The van der Waals surface area contributed by atoms with Crippen LogP contribution in [0.1, 0.15) is 19.4 Å². The molecule has 0 aromatic heterocycles. The molecule has 0 atom stereocenters. The number of rotatable bonds is 1. The predicted octanol–water partition coefficient (Wildman–Crippen LogP) is 6.77. The zero-order chi connectivity index (χ0) is 18.8. The summed E-state index contributed by atoms with van der Waals surface area (Å²) in [6.07, 6.45) is 0. The molecular weight excluding hydrogens is 332 g/mol. The molecular formula is C25H24O2. The van der Waals surface area contributed by atoms with E-state index in [1.165, 1.54) is 32.7 Å². The van der Waals surface area contributed by atoms with Crippen molar-refractivity contribution >= 4 is 21.5 Å². The van der Waals surface area contributed by atoms with Gasteiger partial charge < -0.3 is 9.47 Å². The summed E-state index contributed by atoms with van der Waals surface area (Å²) < 4.78 is 12.0. The third kappa shape index (κ3) is 2.91. The van der Waals surface area contributed by atoms with Gasteiger partial charge in [-0.3, -0.25) is 0 Å². The number of hydrogen-bond donors (Lipinski definition) is 0. The molecule has 136 valence electrons. The second kappa shape index (κ2) is 7.32. The molecule has 2 heteroatoms. The quantitative estimate of drug-likeness (QED) is 0.375. The van der Waals surface area contributed by atoms with Gasteiger partial charge in [0.15, 0.2) is 11.5 Å². The van der Waals surface area contributed by atoms with E-state index in [0.717, 1.165) is 17.1 Å². The van der Waals surface area contributed by atoms with Crippen LogP contribution < -0.4 is 9.47 Å². The van der Waals surface area contributed by atoms with Crippen LogP contribution in [0.25, 0.3) is 32.7 Å². The van der Waals surface area contributed by atoms with Crippen molar-refractivity contribution in [1.82, 2.24) is 0 Å². The highest BCUT2D eigenvalue weighted by Crippen LogP contribution is 2.48. The molecule has 5 rings (SSSR count). The Hall–Kier alpha value is -3.00. The first-order valence-corrected chi connectivity index (χ1v) is 9.63. The topological polar surface area (TPSA) is 18.5 Å². The highest BCUT2D eigenvalue weighted by Gasteiger charge is 2.22. The van der Waals surface area contributed by atoms with E-state index < -0.39 is 0 Å². The Kier molecular flexibility index (Phi) is 4.72. The SMILES string of the molecule is CC.Cc1ccc2ccccc2c1-c1c2c(cc3ccccc13)OCCO2. The summed E-state index contributed by atoms with van der Waals surface area (Å²) in [6, 6.07) is 23.5. The zero-order valence-electron chi connectivity index (χ0n) is 16.1. The van der Waals surface area contributed by atoms with Crippen LogP contribution in [-0.2, 0) is 0 Å². The Morgan fingerprint density at radius 1 is 0.667 bits per heavy atom. The van der Waals surface area contributed by atoms with Gasteiger partial charge >= 0.3 is 0 Å². The second-order valence-corrected chi connectivity index (χ2v) is 6.48. The molecule has 0 bridgehead atoms. The first kappa shape index (κ1) is 17.4. The summed E-state index contributed by atoms with van der Waals surface area (Å²) in [5.41, 5.74) is 3.62. The molecule has 4 aromatic rings. The molecule has 1 heterocycles. The molecule has 0 fully saturated rings. The molecule has 27 heavy (non-hydrogen) atoms. The van der Waals surface area contributed by atoms with Gasteiger partial charge in [0.2, 0.25) is 0 Å². The average molecular weight is 356 g/mol. The fourth-order valence-electron chi connectivity index (χ4n) is 3.81. The smallest absolute Gasteiger partial charge is 0.169 e. The predicted molar refractivity (Wildman–Crippen MR) is 114 cm³/mol. The van der Waals surface area contributed by atoms with Crippen LogP contribution in [0.5, 0.6) is 11.5 Å². The van der Waals surface area contributed by atoms with E-state index in [9.17, 15) is 0 Å². The molecule has 4 aromatic carbocycles. The lowest BCUT2D eigenvalue weighted by Gasteiger charge is -2.24. The van der Waals surface area contributed by atoms with Crippen molar-refractivity contribution in [2.24, 2.45) is 0 Å². The van der Waals surface area contributed by atoms with Crippen molar-refractivity contribution in [2.45, 2.75) is 20.8 Å². The lowest BCUT2D eigenvalue weighted by atomic mass is 9.89. The Morgan fingerprint density at radius 3 is 2.07 bits per heavy atom. The highest BCUT2D eigenvalue weighted by atomic mass is 16.6. The third-order valence-electron chi connectivity index (χ3n) is 4.94. The van der Waals surface area contributed by atoms with Crippen molar-refractivity contribution in [2.75, 3.05) is 13.2 Å². The molecule has 0 radical (unpaired) electrons. The maximum absolute atomic E-state index is 6.10. The van der Waals surface area contributed by atoms with Gasteiger partial charge in [-0.1, -0.05) is 74.5 Å². The second-order valence-electron chi connectivity index (χ2n) is 6.48. The number of benzene rings is 4. The molecule has 2 nitrogen and oxygen atoms in total. The molecule has 0 spiro atoms. The lowest BCUT2D eigenvalue weighted by molar-refractivity contribution is 0.173. The third-order valence-corrected chi connectivity index (χ3v) is 4.94. The average Bonchev–Trinajstić information content (AvgIpc) is 2.74. The molecule has 1 aliphatic heterocycles. The van der Waals surface area contributed by atoms with Gasteiger partial charge in [-0.2, -0.15) is 0 Å². The van der Waals surface area contributed by atoms with Crippen LogP contribution in [0.4, 0.5) is 0 Å². The van der Waals surface area contributed by atoms with E-state index >= 15 is 0 Å². The van der Waals surface area contributed by atoms with E-state index in [1.807, 2.05) is 13.8 Å². The van der Waals surface area contributed by atoms with E-state index in [0.29, 0.717) is 13.2 Å². The molecule has 0 saturated carbocycles. The Morgan fingerprint density at radius 2 is 1.30 bits per heavy atom. The Bertz CT molecular complexity index is 1110. The summed E-state index contributed by atoms with van der Waals surface area (Å²) in [5.74, 6) is 1.71. The van der Waals surface area contributed by atoms with Crippen molar-refractivity contribution < 1.29 is 9.47 Å². The molecule has 0 aliphatic carbocycles. The van der Waals surface area contributed by atoms with Crippen molar-refractivity contribution in [3.8, 4) is 22.6 Å². The summed E-state index contributed by atoms with van der Waals surface area (Å²) in [5, 5.41) is 4.86. The Labute approximate surface area is 160 Å². The minimum absolute atomic E-state index is 0.585. The summed E-state index contributed by atoms with van der Waals surface area (Å²) in [6.45, 7) is 7.35. The van der Waals surface area contributed by atoms with Gasteiger partial charge in [0.05, 0.1) is 0 Å². The molecule has 1 aliphatic rings. The molecule has 0 amide bonds. The number of fused-ring (bicyclic) bond motifs is 3. The summed E-state index contributed by atoms with van der Waals surface area (Å²) in [4.78, 5) is 0. The van der Waals surface area contributed by atoms with E-state index in [1.54, 1.807) is 0 Å². The van der Waals surface area contributed by atoms with Crippen molar-refractivity contribution in [1.29, 1.82) is 0 Å². The Balaban J connectivity index is 0.000000872. The van der Waals surface area contributed by atoms with Gasteiger partial charge in [-0.25, -0.2) is 0 Å². The normalized spacial score (nSPS) is 12.6. The van der Waals surface area contributed by atoms with Crippen molar-refractivity contribution in [3.63, 3.8) is 0 Å². The summed E-state index contributed by atoms with van der Waals surface area (Å²) >= 11 is 0.